The number of halogens is 1. The van der Waals surface area contributed by atoms with Gasteiger partial charge in [0, 0.05) is 20.0 Å². The topological polar surface area (TPSA) is 44.4 Å². The fraction of sp³-hybridized carbons (Fsp3) is 0.500. The average Bonchev–Trinajstić information content (AvgIpc) is 2.25. The summed E-state index contributed by atoms with van der Waals surface area (Å²) in [7, 11) is 3.83. The molecule has 1 aliphatic heterocycles. The van der Waals surface area contributed by atoms with Crippen LogP contribution < -0.4 is 15.5 Å². The molecule has 1 atom stereocenters. The van der Waals surface area contributed by atoms with Gasteiger partial charge in [0.2, 0.25) is 5.91 Å². The second-order valence-corrected chi connectivity index (χ2v) is 5.63. The molecule has 5 heteroatoms. The maximum absolute atomic E-state index is 12.2. The van der Waals surface area contributed by atoms with Crippen molar-refractivity contribution in [2.75, 3.05) is 37.4 Å². The summed E-state index contributed by atoms with van der Waals surface area (Å²) in [6.07, 6.45) is 0. The summed E-state index contributed by atoms with van der Waals surface area (Å²) in [5.74, 6) is 0.495. The van der Waals surface area contributed by atoms with Crippen LogP contribution in [0, 0.1) is 11.8 Å². The van der Waals surface area contributed by atoms with Crippen LogP contribution in [0.3, 0.4) is 0 Å². The predicted octanol–water partition coefficient (Wildman–Crippen LogP) is 2.20. The smallest absolute Gasteiger partial charge is 0.227 e. The fourth-order valence-corrected chi connectivity index (χ4v) is 2.54. The number of hydrogen-bond donors (Lipinski definition) is 2. The van der Waals surface area contributed by atoms with Gasteiger partial charge in [0.15, 0.2) is 0 Å². The summed E-state index contributed by atoms with van der Waals surface area (Å²) < 4.78 is 0. The number of para-hydroxylation sites is 1. The Kier molecular flexibility index (Phi) is 4.32. The molecule has 2 N–H and O–H groups in total. The first-order valence-corrected chi connectivity index (χ1v) is 6.86. The Morgan fingerprint density at radius 2 is 2.16 bits per heavy atom. The number of rotatable bonds is 4. The zero-order valence-corrected chi connectivity index (χ0v) is 12.3. The third-order valence-electron chi connectivity index (χ3n) is 3.63. The molecular weight excluding hydrogens is 262 g/mol. The number of amides is 1. The minimum absolute atomic E-state index is 0.00949. The van der Waals surface area contributed by atoms with E-state index >= 15 is 0 Å². The molecule has 1 fully saturated rings. The third kappa shape index (κ3) is 3.01. The number of nitrogens with one attached hydrogen (secondary N) is 2. The molecule has 1 aliphatic rings. The Hall–Kier alpha value is -1.26. The zero-order valence-electron chi connectivity index (χ0n) is 11.5. The van der Waals surface area contributed by atoms with E-state index in [2.05, 4.69) is 10.6 Å². The lowest BCUT2D eigenvalue weighted by Crippen LogP contribution is -2.48. The number of benzene rings is 1. The van der Waals surface area contributed by atoms with Gasteiger partial charge in [-0.25, -0.2) is 0 Å². The van der Waals surface area contributed by atoms with E-state index in [0.717, 1.165) is 24.5 Å². The molecule has 2 rings (SSSR count). The summed E-state index contributed by atoms with van der Waals surface area (Å²) in [6, 6.07) is 5.55. The van der Waals surface area contributed by atoms with Gasteiger partial charge in [-0.1, -0.05) is 24.6 Å². The normalized spacial score (nSPS) is 16.6. The van der Waals surface area contributed by atoms with Crippen molar-refractivity contribution in [2.24, 2.45) is 11.8 Å². The van der Waals surface area contributed by atoms with Crippen molar-refractivity contribution in [3.63, 3.8) is 0 Å². The van der Waals surface area contributed by atoms with Crippen LogP contribution in [0.15, 0.2) is 18.2 Å². The second kappa shape index (κ2) is 5.80. The SMILES string of the molecule is CC(C(=O)Nc1cccc(Cl)c1N(C)C)C1CNC1. The molecule has 0 aromatic heterocycles. The highest BCUT2D eigenvalue weighted by molar-refractivity contribution is 6.34. The lowest BCUT2D eigenvalue weighted by atomic mass is 9.88. The molecule has 0 saturated carbocycles. The molecule has 0 bridgehead atoms. The molecule has 1 saturated heterocycles. The minimum Gasteiger partial charge on any atom is -0.375 e. The second-order valence-electron chi connectivity index (χ2n) is 5.23. The first kappa shape index (κ1) is 14.2. The Balaban J connectivity index is 2.14. The number of anilines is 2. The van der Waals surface area contributed by atoms with E-state index in [0.29, 0.717) is 10.9 Å². The maximum atomic E-state index is 12.2. The molecule has 0 spiro atoms. The summed E-state index contributed by atoms with van der Waals surface area (Å²) in [6.45, 7) is 3.82. The van der Waals surface area contributed by atoms with E-state index in [1.165, 1.54) is 0 Å². The molecule has 1 amide bonds. The predicted molar refractivity (Wildman–Crippen MR) is 79.9 cm³/mol. The fourth-order valence-electron chi connectivity index (χ4n) is 2.20. The molecule has 1 unspecified atom stereocenters. The van der Waals surface area contributed by atoms with Gasteiger partial charge in [-0.05, 0) is 31.1 Å². The van der Waals surface area contributed by atoms with E-state index < -0.39 is 0 Å². The Bertz CT molecular complexity index is 472. The quantitative estimate of drug-likeness (QED) is 0.889. The van der Waals surface area contributed by atoms with Crippen LogP contribution in [-0.4, -0.2) is 33.1 Å². The summed E-state index contributed by atoms with van der Waals surface area (Å²) in [5.41, 5.74) is 1.61. The van der Waals surface area contributed by atoms with Crippen LogP contribution in [0.2, 0.25) is 5.02 Å². The molecule has 4 nitrogen and oxygen atoms in total. The van der Waals surface area contributed by atoms with Crippen molar-refractivity contribution in [3.8, 4) is 0 Å². The van der Waals surface area contributed by atoms with Gasteiger partial charge < -0.3 is 15.5 Å². The van der Waals surface area contributed by atoms with Crippen LogP contribution in [0.4, 0.5) is 11.4 Å². The van der Waals surface area contributed by atoms with E-state index in [4.69, 9.17) is 11.6 Å². The third-order valence-corrected chi connectivity index (χ3v) is 3.93. The highest BCUT2D eigenvalue weighted by Crippen LogP contribution is 2.33. The van der Waals surface area contributed by atoms with Crippen molar-refractivity contribution in [1.82, 2.24) is 5.32 Å². The van der Waals surface area contributed by atoms with Crippen LogP contribution in [-0.2, 0) is 4.79 Å². The van der Waals surface area contributed by atoms with Crippen molar-refractivity contribution >= 4 is 28.9 Å². The number of carbonyl (C=O) groups excluding carboxylic acids is 1. The molecule has 1 heterocycles. The van der Waals surface area contributed by atoms with Gasteiger partial charge in [-0.3, -0.25) is 4.79 Å². The van der Waals surface area contributed by atoms with E-state index in [9.17, 15) is 4.79 Å². The highest BCUT2D eigenvalue weighted by Gasteiger charge is 2.29. The number of nitrogens with zero attached hydrogens (tertiary/aromatic N) is 1. The van der Waals surface area contributed by atoms with Crippen molar-refractivity contribution in [3.05, 3.63) is 23.2 Å². The van der Waals surface area contributed by atoms with Crippen LogP contribution in [0.1, 0.15) is 6.92 Å². The zero-order chi connectivity index (χ0) is 14.0. The van der Waals surface area contributed by atoms with Crippen LogP contribution >= 0.6 is 11.6 Å². The standard InChI is InChI=1S/C14H20ClN3O/c1-9(10-7-16-8-10)14(19)17-12-6-4-5-11(15)13(12)18(2)3/h4-6,9-10,16H,7-8H2,1-3H3,(H,17,19). The molecule has 19 heavy (non-hydrogen) atoms. The van der Waals surface area contributed by atoms with Gasteiger partial charge in [0.25, 0.3) is 0 Å². The average molecular weight is 282 g/mol. The van der Waals surface area contributed by atoms with Gasteiger partial charge in [0.1, 0.15) is 0 Å². The van der Waals surface area contributed by atoms with Gasteiger partial charge >= 0.3 is 0 Å². The number of hydrogen-bond acceptors (Lipinski definition) is 3. The Labute approximate surface area is 119 Å². The Morgan fingerprint density at radius 1 is 1.47 bits per heavy atom. The highest BCUT2D eigenvalue weighted by atomic mass is 35.5. The van der Waals surface area contributed by atoms with E-state index in [-0.39, 0.29) is 11.8 Å². The molecular formula is C14H20ClN3O. The van der Waals surface area contributed by atoms with Crippen LogP contribution in [0.5, 0.6) is 0 Å². The first-order chi connectivity index (χ1) is 9.00. The van der Waals surface area contributed by atoms with E-state index in [1.807, 2.05) is 44.1 Å². The lowest BCUT2D eigenvalue weighted by molar-refractivity contribution is -0.121. The monoisotopic (exact) mass is 281 g/mol. The molecule has 0 aliphatic carbocycles. The van der Waals surface area contributed by atoms with Gasteiger partial charge in [-0.2, -0.15) is 0 Å². The minimum atomic E-state index is 0.00949. The lowest BCUT2D eigenvalue weighted by Gasteiger charge is -2.32. The van der Waals surface area contributed by atoms with Gasteiger partial charge in [0.05, 0.1) is 16.4 Å². The first-order valence-electron chi connectivity index (χ1n) is 6.48. The summed E-state index contributed by atoms with van der Waals surface area (Å²) >= 11 is 6.19. The van der Waals surface area contributed by atoms with E-state index in [1.54, 1.807) is 0 Å². The summed E-state index contributed by atoms with van der Waals surface area (Å²) in [5, 5.41) is 6.82. The van der Waals surface area contributed by atoms with Crippen molar-refractivity contribution in [1.29, 1.82) is 0 Å². The van der Waals surface area contributed by atoms with Crippen molar-refractivity contribution in [2.45, 2.75) is 6.92 Å². The van der Waals surface area contributed by atoms with Crippen LogP contribution in [0.25, 0.3) is 0 Å². The largest absolute Gasteiger partial charge is 0.375 e. The molecule has 1 aromatic carbocycles. The number of carbonyl (C=O) groups is 1. The molecule has 104 valence electrons. The van der Waals surface area contributed by atoms with Crippen molar-refractivity contribution < 1.29 is 4.79 Å². The molecule has 0 radical (unpaired) electrons. The Morgan fingerprint density at radius 3 is 2.68 bits per heavy atom. The molecule has 1 aromatic rings. The van der Waals surface area contributed by atoms with Gasteiger partial charge in [-0.15, -0.1) is 0 Å². The summed E-state index contributed by atoms with van der Waals surface area (Å²) in [4.78, 5) is 14.1. The maximum Gasteiger partial charge on any atom is 0.227 e.